The van der Waals surface area contributed by atoms with E-state index in [2.05, 4.69) is 4.98 Å². The van der Waals surface area contributed by atoms with Gasteiger partial charge in [-0.15, -0.1) is 0 Å². The van der Waals surface area contributed by atoms with Crippen molar-refractivity contribution in [2.24, 2.45) is 0 Å². The van der Waals surface area contributed by atoms with Crippen molar-refractivity contribution < 1.29 is 19.8 Å². The van der Waals surface area contributed by atoms with Crippen LogP contribution in [0.2, 0.25) is 0 Å². The second-order valence-electron chi connectivity index (χ2n) is 3.80. The van der Waals surface area contributed by atoms with Crippen molar-refractivity contribution in [3.63, 3.8) is 0 Å². The predicted molar refractivity (Wildman–Crippen MR) is 53.7 cm³/mol. The number of aromatic nitrogens is 2. The summed E-state index contributed by atoms with van der Waals surface area (Å²) in [5.41, 5.74) is -0.534. The average molecular weight is 224 g/mol. The van der Waals surface area contributed by atoms with E-state index in [1.807, 2.05) is 0 Å². The lowest BCUT2D eigenvalue weighted by atomic mass is 10.2. The molecule has 16 heavy (non-hydrogen) atoms. The van der Waals surface area contributed by atoms with Crippen molar-refractivity contribution >= 4 is 11.9 Å². The number of carbonyl (C=O) groups is 2. The first kappa shape index (κ1) is 10.7. The highest BCUT2D eigenvalue weighted by Gasteiger charge is 2.27. The number of carboxylic acids is 2. The van der Waals surface area contributed by atoms with Crippen LogP contribution >= 0.6 is 0 Å². The van der Waals surface area contributed by atoms with Gasteiger partial charge in [0.05, 0.1) is 0 Å². The molecule has 0 atom stereocenters. The number of imidazole rings is 1. The third-order valence-electron chi connectivity index (χ3n) is 2.73. The van der Waals surface area contributed by atoms with Crippen LogP contribution in [-0.4, -0.2) is 31.7 Å². The van der Waals surface area contributed by atoms with Gasteiger partial charge in [0, 0.05) is 13.0 Å². The summed E-state index contributed by atoms with van der Waals surface area (Å²) in [7, 11) is 0. The van der Waals surface area contributed by atoms with Crippen LogP contribution in [0.5, 0.6) is 0 Å². The molecular formula is C10H12N2O4. The van der Waals surface area contributed by atoms with Crippen LogP contribution < -0.4 is 0 Å². The van der Waals surface area contributed by atoms with Gasteiger partial charge >= 0.3 is 11.9 Å². The van der Waals surface area contributed by atoms with Crippen molar-refractivity contribution in [2.75, 3.05) is 0 Å². The van der Waals surface area contributed by atoms with Gasteiger partial charge in [0.25, 0.3) is 0 Å². The van der Waals surface area contributed by atoms with E-state index in [4.69, 9.17) is 10.2 Å². The van der Waals surface area contributed by atoms with Gasteiger partial charge in [-0.2, -0.15) is 0 Å². The van der Waals surface area contributed by atoms with Crippen LogP contribution in [0.3, 0.4) is 0 Å². The maximum absolute atomic E-state index is 11.0. The number of nitrogens with zero attached hydrogens (tertiary/aromatic N) is 2. The normalized spacial score (nSPS) is 15.2. The average Bonchev–Trinajstić information content (AvgIpc) is 2.43. The Hall–Kier alpha value is -1.85. The van der Waals surface area contributed by atoms with Gasteiger partial charge in [-0.05, 0) is 12.8 Å². The predicted octanol–water partition coefficient (Wildman–Crippen LogP) is 1.01. The van der Waals surface area contributed by atoms with Gasteiger partial charge in [0.15, 0.2) is 11.4 Å². The summed E-state index contributed by atoms with van der Waals surface area (Å²) in [4.78, 5) is 25.9. The van der Waals surface area contributed by atoms with Gasteiger partial charge in [-0.1, -0.05) is 6.42 Å². The quantitative estimate of drug-likeness (QED) is 0.781. The zero-order valence-electron chi connectivity index (χ0n) is 8.64. The van der Waals surface area contributed by atoms with E-state index in [0.717, 1.165) is 19.3 Å². The van der Waals surface area contributed by atoms with E-state index < -0.39 is 11.9 Å². The molecule has 0 saturated heterocycles. The Morgan fingerprint density at radius 3 is 2.50 bits per heavy atom. The third-order valence-corrected chi connectivity index (χ3v) is 2.73. The van der Waals surface area contributed by atoms with Crippen LogP contribution in [0.25, 0.3) is 0 Å². The molecule has 0 unspecified atom stereocenters. The van der Waals surface area contributed by atoms with Crippen molar-refractivity contribution in [1.29, 1.82) is 0 Å². The smallest absolute Gasteiger partial charge is 0.357 e. The summed E-state index contributed by atoms with van der Waals surface area (Å²) >= 11 is 0. The maximum atomic E-state index is 11.0. The minimum Gasteiger partial charge on any atom is -0.476 e. The maximum Gasteiger partial charge on any atom is 0.357 e. The summed E-state index contributed by atoms with van der Waals surface area (Å²) in [6.45, 7) is 0.539. The molecule has 0 spiro atoms. The van der Waals surface area contributed by atoms with Crippen molar-refractivity contribution in [2.45, 2.75) is 32.2 Å². The number of carboxylic acid groups (broad SMARTS) is 2. The number of fused-ring (bicyclic) bond motifs is 1. The number of rotatable bonds is 2. The van der Waals surface area contributed by atoms with Crippen LogP contribution in [0.1, 0.15) is 46.1 Å². The van der Waals surface area contributed by atoms with E-state index in [-0.39, 0.29) is 11.4 Å². The molecule has 6 nitrogen and oxygen atoms in total. The Labute approximate surface area is 91.5 Å². The number of aromatic carboxylic acids is 2. The standard InChI is InChI=1S/C10H12N2O4/c13-9(14)7-8(10(15)16)12-5-3-1-2-4-6(12)11-7/h1-5H2,(H,13,14)(H,15,16). The summed E-state index contributed by atoms with van der Waals surface area (Å²) in [5.74, 6) is -1.93. The lowest BCUT2D eigenvalue weighted by Gasteiger charge is -2.04. The van der Waals surface area contributed by atoms with E-state index in [1.54, 1.807) is 0 Å². The van der Waals surface area contributed by atoms with Gasteiger partial charge in [-0.3, -0.25) is 0 Å². The molecule has 1 aromatic heterocycles. The molecule has 2 N–H and O–H groups in total. The molecular weight excluding hydrogens is 212 g/mol. The fourth-order valence-corrected chi connectivity index (χ4v) is 2.03. The molecule has 0 fully saturated rings. The zero-order chi connectivity index (χ0) is 11.7. The monoisotopic (exact) mass is 224 g/mol. The first-order valence-corrected chi connectivity index (χ1v) is 5.17. The second kappa shape index (κ2) is 3.96. The van der Waals surface area contributed by atoms with E-state index in [1.165, 1.54) is 4.57 Å². The summed E-state index contributed by atoms with van der Waals surface area (Å²) in [6.07, 6.45) is 3.45. The fourth-order valence-electron chi connectivity index (χ4n) is 2.03. The topological polar surface area (TPSA) is 92.4 Å². The van der Waals surface area contributed by atoms with Crippen LogP contribution in [-0.2, 0) is 13.0 Å². The Kier molecular flexibility index (Phi) is 2.64. The molecule has 6 heteroatoms. The molecule has 1 aromatic rings. The highest BCUT2D eigenvalue weighted by Crippen LogP contribution is 2.19. The highest BCUT2D eigenvalue weighted by atomic mass is 16.4. The van der Waals surface area contributed by atoms with Crippen molar-refractivity contribution in [3.05, 3.63) is 17.2 Å². The summed E-state index contributed by atoms with van der Waals surface area (Å²) in [6, 6.07) is 0. The Morgan fingerprint density at radius 1 is 1.12 bits per heavy atom. The first-order chi connectivity index (χ1) is 7.61. The molecule has 2 rings (SSSR count). The molecule has 0 amide bonds. The number of hydrogen-bond acceptors (Lipinski definition) is 3. The van der Waals surface area contributed by atoms with E-state index in [9.17, 15) is 9.59 Å². The number of hydrogen-bond donors (Lipinski definition) is 2. The zero-order valence-corrected chi connectivity index (χ0v) is 8.64. The molecule has 1 aliphatic rings. The van der Waals surface area contributed by atoms with Gasteiger partial charge < -0.3 is 14.8 Å². The fraction of sp³-hybridized carbons (Fsp3) is 0.500. The van der Waals surface area contributed by atoms with Crippen molar-refractivity contribution in [1.82, 2.24) is 9.55 Å². The van der Waals surface area contributed by atoms with Crippen LogP contribution in [0, 0.1) is 0 Å². The lowest BCUT2D eigenvalue weighted by molar-refractivity contribution is 0.0640. The van der Waals surface area contributed by atoms with Gasteiger partial charge in [0.1, 0.15) is 5.82 Å². The van der Waals surface area contributed by atoms with Crippen LogP contribution in [0.15, 0.2) is 0 Å². The SMILES string of the molecule is O=C(O)c1nc2n(c1C(=O)O)CCCCC2. The molecule has 1 aliphatic heterocycles. The lowest BCUT2D eigenvalue weighted by Crippen LogP contribution is -2.13. The first-order valence-electron chi connectivity index (χ1n) is 5.17. The molecule has 86 valence electrons. The summed E-state index contributed by atoms with van der Waals surface area (Å²) in [5, 5.41) is 17.9. The molecule has 0 aromatic carbocycles. The largest absolute Gasteiger partial charge is 0.476 e. The van der Waals surface area contributed by atoms with Gasteiger partial charge in [-0.25, -0.2) is 14.6 Å². The van der Waals surface area contributed by atoms with E-state index in [0.29, 0.717) is 18.8 Å². The number of aryl methyl sites for hydroxylation is 1. The minimum absolute atomic E-state index is 0.190. The molecule has 0 aliphatic carbocycles. The molecule has 2 heterocycles. The Morgan fingerprint density at radius 2 is 1.88 bits per heavy atom. The van der Waals surface area contributed by atoms with Crippen LogP contribution in [0.4, 0.5) is 0 Å². The summed E-state index contributed by atoms with van der Waals surface area (Å²) < 4.78 is 1.53. The molecule has 0 saturated carbocycles. The second-order valence-corrected chi connectivity index (χ2v) is 3.80. The highest BCUT2D eigenvalue weighted by molar-refractivity contribution is 5.99. The molecule has 0 radical (unpaired) electrons. The van der Waals surface area contributed by atoms with Gasteiger partial charge in [0.2, 0.25) is 0 Å². The minimum atomic E-state index is -1.28. The van der Waals surface area contributed by atoms with Crippen molar-refractivity contribution in [3.8, 4) is 0 Å². The third kappa shape index (κ3) is 1.66. The Bertz CT molecular complexity index is 450. The van der Waals surface area contributed by atoms with E-state index >= 15 is 0 Å². The molecule has 0 bridgehead atoms. The Balaban J connectivity index is 2.57.